The van der Waals surface area contributed by atoms with Crippen molar-refractivity contribution in [2.45, 2.75) is 37.8 Å². The second-order valence-corrected chi connectivity index (χ2v) is 10.0. The fraction of sp³-hybridized carbons (Fsp3) is 0.226. The zero-order valence-corrected chi connectivity index (χ0v) is 21.5. The largest absolute Gasteiger partial charge is 0.454 e. The van der Waals surface area contributed by atoms with Gasteiger partial charge in [-0.1, -0.05) is 48.5 Å². The molecule has 1 amide bonds. The van der Waals surface area contributed by atoms with Crippen LogP contribution < -0.4 is 20.1 Å². The van der Waals surface area contributed by atoms with Crippen molar-refractivity contribution in [3.8, 4) is 11.5 Å². The van der Waals surface area contributed by atoms with Crippen LogP contribution in [0.25, 0.3) is 0 Å². The molecule has 6 rings (SSSR count). The SMILES string of the molecule is CC1=C(C(=O)Nc2ccccc2C(F)(F)F)C(c2ccc3c(c2)OCO3)C2=C(CC(c3ccccc3)CC2=O)N1. The van der Waals surface area contributed by atoms with Crippen LogP contribution in [0.4, 0.5) is 18.9 Å². The number of Topliss-reactive ketones (excluding diaryl/α,β-unsaturated/α-hetero) is 1. The lowest BCUT2D eigenvalue weighted by atomic mass is 9.71. The number of anilines is 1. The number of hydrogen-bond acceptors (Lipinski definition) is 5. The molecule has 0 spiro atoms. The lowest BCUT2D eigenvalue weighted by Gasteiger charge is -2.37. The maximum absolute atomic E-state index is 13.8. The van der Waals surface area contributed by atoms with Crippen molar-refractivity contribution < 1.29 is 32.2 Å². The summed E-state index contributed by atoms with van der Waals surface area (Å²) >= 11 is 0. The third kappa shape index (κ3) is 4.61. The molecule has 6 nitrogen and oxygen atoms in total. The number of ether oxygens (including phenoxy) is 2. The molecule has 1 aliphatic carbocycles. The van der Waals surface area contributed by atoms with Gasteiger partial charge in [0, 0.05) is 34.9 Å². The van der Waals surface area contributed by atoms with E-state index in [1.54, 1.807) is 25.1 Å². The zero-order valence-electron chi connectivity index (χ0n) is 21.5. The molecule has 2 atom stereocenters. The fourth-order valence-electron chi connectivity index (χ4n) is 5.76. The second-order valence-electron chi connectivity index (χ2n) is 10.0. The van der Waals surface area contributed by atoms with Gasteiger partial charge in [0.1, 0.15) is 0 Å². The van der Waals surface area contributed by atoms with Gasteiger partial charge in [0.2, 0.25) is 6.79 Å². The van der Waals surface area contributed by atoms with Crippen LogP contribution in [0.1, 0.15) is 48.3 Å². The summed E-state index contributed by atoms with van der Waals surface area (Å²) in [4.78, 5) is 27.6. The lowest BCUT2D eigenvalue weighted by Crippen LogP contribution is -2.37. The van der Waals surface area contributed by atoms with Gasteiger partial charge in [-0.15, -0.1) is 0 Å². The smallest absolute Gasteiger partial charge is 0.418 e. The summed E-state index contributed by atoms with van der Waals surface area (Å²) in [7, 11) is 0. The maximum atomic E-state index is 13.8. The summed E-state index contributed by atoms with van der Waals surface area (Å²) in [6, 6.07) is 19.8. The number of fused-ring (bicyclic) bond motifs is 1. The Morgan fingerprint density at radius 1 is 0.925 bits per heavy atom. The Kier molecular flexibility index (Phi) is 6.37. The van der Waals surface area contributed by atoms with Crippen molar-refractivity contribution in [3.05, 3.63) is 112 Å². The van der Waals surface area contributed by atoms with Crippen molar-refractivity contribution in [1.82, 2.24) is 5.32 Å². The Morgan fingerprint density at radius 2 is 1.65 bits per heavy atom. The summed E-state index contributed by atoms with van der Waals surface area (Å²) in [6.07, 6.45) is -3.86. The van der Waals surface area contributed by atoms with Gasteiger partial charge in [0.25, 0.3) is 5.91 Å². The third-order valence-electron chi connectivity index (χ3n) is 7.55. The molecule has 3 aromatic rings. The van der Waals surface area contributed by atoms with Crippen LogP contribution in [0, 0.1) is 0 Å². The Hall–Kier alpha value is -4.53. The maximum Gasteiger partial charge on any atom is 0.418 e. The van der Waals surface area contributed by atoms with Gasteiger partial charge in [0.15, 0.2) is 17.3 Å². The first-order valence-electron chi connectivity index (χ1n) is 12.9. The minimum atomic E-state index is -4.66. The van der Waals surface area contributed by atoms with E-state index in [0.717, 1.165) is 11.6 Å². The number of carbonyl (C=O) groups excluding carboxylic acids is 2. The zero-order chi connectivity index (χ0) is 28.0. The number of para-hydroxylation sites is 1. The summed E-state index contributed by atoms with van der Waals surface area (Å²) in [5, 5.41) is 5.73. The number of halogens is 3. The minimum absolute atomic E-state index is 0.0424. The van der Waals surface area contributed by atoms with Crippen LogP contribution in [0.15, 0.2) is 95.3 Å². The Labute approximate surface area is 228 Å². The van der Waals surface area contributed by atoms with E-state index in [2.05, 4.69) is 10.6 Å². The highest BCUT2D eigenvalue weighted by molar-refractivity contribution is 6.10. The standard InChI is InChI=1S/C31H25F3N2O4/c1-17-27(30(38)36-22-10-6-5-9-21(22)31(32,33)34)28(19-11-12-25-26(15-19)40-16-39-25)29-23(35-17)13-20(14-24(29)37)18-7-3-2-4-8-18/h2-12,15,20,28,35H,13-14,16H2,1H3,(H,36,38). The highest BCUT2D eigenvalue weighted by Crippen LogP contribution is 2.47. The average Bonchev–Trinajstić information content (AvgIpc) is 3.40. The molecule has 0 fully saturated rings. The first-order valence-corrected chi connectivity index (χ1v) is 12.9. The molecule has 2 N–H and O–H groups in total. The van der Waals surface area contributed by atoms with Crippen LogP contribution in [0.5, 0.6) is 11.5 Å². The summed E-state index contributed by atoms with van der Waals surface area (Å²) in [5.41, 5.74) is 2.11. The van der Waals surface area contributed by atoms with Gasteiger partial charge in [-0.25, -0.2) is 0 Å². The molecule has 0 saturated carbocycles. The quantitative estimate of drug-likeness (QED) is 0.394. The predicted octanol–water partition coefficient (Wildman–Crippen LogP) is 6.43. The van der Waals surface area contributed by atoms with Crippen molar-refractivity contribution in [2.24, 2.45) is 0 Å². The number of dihydropyridines is 1. The van der Waals surface area contributed by atoms with E-state index in [9.17, 15) is 22.8 Å². The molecule has 40 heavy (non-hydrogen) atoms. The van der Waals surface area contributed by atoms with E-state index < -0.39 is 23.6 Å². The van der Waals surface area contributed by atoms with E-state index >= 15 is 0 Å². The monoisotopic (exact) mass is 546 g/mol. The second kappa shape index (κ2) is 9.89. The number of benzene rings is 3. The lowest BCUT2D eigenvalue weighted by molar-refractivity contribution is -0.137. The number of alkyl halides is 3. The van der Waals surface area contributed by atoms with Crippen molar-refractivity contribution in [1.29, 1.82) is 0 Å². The summed E-state index contributed by atoms with van der Waals surface area (Å²) < 4.78 is 52.0. The van der Waals surface area contributed by atoms with Crippen molar-refractivity contribution >= 4 is 17.4 Å². The van der Waals surface area contributed by atoms with E-state index in [1.807, 2.05) is 30.3 Å². The molecule has 2 unspecified atom stereocenters. The topological polar surface area (TPSA) is 76.7 Å². The fourth-order valence-corrected chi connectivity index (χ4v) is 5.76. The predicted molar refractivity (Wildman–Crippen MR) is 142 cm³/mol. The number of nitrogens with one attached hydrogen (secondary N) is 2. The molecule has 3 aromatic carbocycles. The van der Waals surface area contributed by atoms with Crippen LogP contribution in [0.2, 0.25) is 0 Å². The van der Waals surface area contributed by atoms with E-state index in [-0.39, 0.29) is 36.2 Å². The Balaban J connectivity index is 1.43. The molecule has 2 heterocycles. The molecule has 9 heteroatoms. The van der Waals surface area contributed by atoms with Crippen molar-refractivity contribution in [2.75, 3.05) is 12.1 Å². The van der Waals surface area contributed by atoms with Gasteiger partial charge in [-0.2, -0.15) is 13.2 Å². The van der Waals surface area contributed by atoms with E-state index in [1.165, 1.54) is 18.2 Å². The molecular formula is C31H25F3N2O4. The van der Waals surface area contributed by atoms with E-state index in [4.69, 9.17) is 9.47 Å². The summed E-state index contributed by atoms with van der Waals surface area (Å²) in [6.45, 7) is 1.75. The van der Waals surface area contributed by atoms with E-state index in [0.29, 0.717) is 40.5 Å². The van der Waals surface area contributed by atoms with Crippen molar-refractivity contribution in [3.63, 3.8) is 0 Å². The van der Waals surface area contributed by atoms with Gasteiger partial charge in [0.05, 0.1) is 11.3 Å². The molecule has 0 bridgehead atoms. The molecular weight excluding hydrogens is 521 g/mol. The van der Waals surface area contributed by atoms with Crippen LogP contribution in [0.3, 0.4) is 0 Å². The number of carbonyl (C=O) groups is 2. The van der Waals surface area contributed by atoms with Gasteiger partial charge in [-0.05, 0) is 54.7 Å². The van der Waals surface area contributed by atoms with Crippen LogP contribution in [-0.2, 0) is 15.8 Å². The molecule has 204 valence electrons. The van der Waals surface area contributed by atoms with Crippen LogP contribution >= 0.6 is 0 Å². The van der Waals surface area contributed by atoms with Crippen LogP contribution in [-0.4, -0.2) is 18.5 Å². The first-order chi connectivity index (χ1) is 19.2. The van der Waals surface area contributed by atoms with Gasteiger partial charge in [-0.3, -0.25) is 9.59 Å². The number of amides is 1. The molecule has 3 aliphatic rings. The summed E-state index contributed by atoms with van der Waals surface area (Å²) in [5.74, 6) is -0.694. The average molecular weight is 547 g/mol. The Morgan fingerprint density at radius 3 is 2.42 bits per heavy atom. The number of allylic oxidation sites excluding steroid dienone is 3. The molecule has 0 saturated heterocycles. The van der Waals surface area contributed by atoms with Gasteiger partial charge >= 0.3 is 6.18 Å². The molecule has 0 radical (unpaired) electrons. The normalized spacial score (nSPS) is 20.2. The highest BCUT2D eigenvalue weighted by atomic mass is 19.4. The number of ketones is 1. The molecule has 2 aliphatic heterocycles. The number of rotatable bonds is 4. The Bertz CT molecular complexity index is 1580. The third-order valence-corrected chi connectivity index (χ3v) is 7.55. The molecule has 0 aromatic heterocycles. The highest BCUT2D eigenvalue weighted by Gasteiger charge is 2.42. The minimum Gasteiger partial charge on any atom is -0.454 e. The number of hydrogen-bond donors (Lipinski definition) is 2. The first kappa shape index (κ1) is 25.7. The van der Waals surface area contributed by atoms with Gasteiger partial charge < -0.3 is 20.1 Å².